The van der Waals surface area contributed by atoms with Crippen molar-refractivity contribution in [1.82, 2.24) is 0 Å². The third-order valence-corrected chi connectivity index (χ3v) is 9.76. The number of hydrogen-bond donors (Lipinski definition) is 0. The van der Waals surface area contributed by atoms with Crippen LogP contribution in [0.2, 0.25) is 0 Å². The lowest BCUT2D eigenvalue weighted by molar-refractivity contribution is -0.438. The van der Waals surface area contributed by atoms with Crippen LogP contribution in [0.5, 0.6) is 0 Å². The first-order chi connectivity index (χ1) is 21.3. The summed E-state index contributed by atoms with van der Waals surface area (Å²) in [6.07, 6.45) is 19.2. The lowest BCUT2D eigenvalue weighted by Gasteiger charge is -2.26. The molecule has 0 atom stereocenters. The minimum absolute atomic E-state index is 0.0642. The van der Waals surface area contributed by atoms with Crippen molar-refractivity contribution in [2.24, 2.45) is 0 Å². The number of benzene rings is 4. The highest BCUT2D eigenvalue weighted by Crippen LogP contribution is 2.50. The highest BCUT2D eigenvalue weighted by molar-refractivity contribution is 6.07. The van der Waals surface area contributed by atoms with E-state index in [0.717, 1.165) is 13.1 Å². The van der Waals surface area contributed by atoms with Gasteiger partial charge < -0.3 is 4.90 Å². The van der Waals surface area contributed by atoms with Gasteiger partial charge in [-0.3, -0.25) is 0 Å². The van der Waals surface area contributed by atoms with Crippen LogP contribution in [0, 0.1) is 0 Å². The van der Waals surface area contributed by atoms with Crippen LogP contribution in [0.15, 0.2) is 121 Å². The maximum Gasteiger partial charge on any atom is 0.210 e. The summed E-state index contributed by atoms with van der Waals surface area (Å²) < 4.78 is 2.57. The maximum atomic E-state index is 2.57. The number of anilines is 1. The van der Waals surface area contributed by atoms with E-state index in [0.29, 0.717) is 0 Å². The smallest absolute Gasteiger partial charge is 0.210 e. The summed E-state index contributed by atoms with van der Waals surface area (Å²) in [4.78, 5) is 2.48. The van der Waals surface area contributed by atoms with Crippen molar-refractivity contribution >= 4 is 38.6 Å². The molecule has 0 amide bonds. The standard InChI is InChI=1S/C42H47N2/c1-7-9-19-30-44-36-29-27-32-21-16-18-23-34(32)40(36)42(5,6)38(44)25-14-12-10-11-13-24-37-41(3,4)39-33-22-17-15-20-31(33)26-28-35(39)43(37)8-2/h10-18,20-29H,7-9,19,30H2,1-6H3/q+1. The second kappa shape index (κ2) is 12.1. The Balaban J connectivity index is 1.25. The SMILES string of the molecule is CCCCC[N+]1=C(/C=C/C=C/C=C/C=C2/N(CC)c3ccc4ccccc4c3C2(C)C)C(C)(C)c2c1ccc1ccccc21. The van der Waals surface area contributed by atoms with Crippen LogP contribution in [0.25, 0.3) is 21.5 Å². The van der Waals surface area contributed by atoms with Crippen LogP contribution < -0.4 is 4.90 Å². The Hall–Kier alpha value is -4.17. The predicted molar refractivity (Wildman–Crippen MR) is 192 cm³/mol. The number of likely N-dealkylation sites (N-methyl/N-ethyl adjacent to an activating group) is 1. The quantitative estimate of drug-likeness (QED) is 0.109. The second-order valence-electron chi connectivity index (χ2n) is 13.3. The van der Waals surface area contributed by atoms with Crippen LogP contribution in [0.4, 0.5) is 11.4 Å². The van der Waals surface area contributed by atoms with E-state index in [1.165, 1.54) is 74.7 Å². The van der Waals surface area contributed by atoms with Gasteiger partial charge in [0.2, 0.25) is 5.69 Å². The highest BCUT2D eigenvalue weighted by Gasteiger charge is 2.45. The van der Waals surface area contributed by atoms with Crippen LogP contribution in [-0.4, -0.2) is 23.4 Å². The minimum atomic E-state index is -0.0656. The molecular weight excluding hydrogens is 532 g/mol. The third kappa shape index (κ3) is 5.05. The molecule has 0 saturated carbocycles. The fourth-order valence-corrected chi connectivity index (χ4v) is 7.66. The summed E-state index contributed by atoms with van der Waals surface area (Å²) in [5.41, 5.74) is 8.19. The van der Waals surface area contributed by atoms with Gasteiger partial charge in [0.05, 0.1) is 5.41 Å². The molecule has 0 aliphatic carbocycles. The van der Waals surface area contributed by atoms with Crippen molar-refractivity contribution in [2.75, 3.05) is 18.0 Å². The molecule has 2 heterocycles. The van der Waals surface area contributed by atoms with Crippen LogP contribution in [0.3, 0.4) is 0 Å². The maximum absolute atomic E-state index is 2.57. The Kier molecular flexibility index (Phi) is 8.20. The molecule has 44 heavy (non-hydrogen) atoms. The van der Waals surface area contributed by atoms with E-state index in [-0.39, 0.29) is 10.8 Å². The summed E-state index contributed by atoms with van der Waals surface area (Å²) in [5.74, 6) is 0. The summed E-state index contributed by atoms with van der Waals surface area (Å²) in [6.45, 7) is 16.0. The van der Waals surface area contributed by atoms with Gasteiger partial charge in [-0.25, -0.2) is 0 Å². The fourth-order valence-electron chi connectivity index (χ4n) is 7.66. The molecule has 4 aromatic rings. The van der Waals surface area contributed by atoms with E-state index >= 15 is 0 Å². The van der Waals surface area contributed by atoms with Gasteiger partial charge in [-0.15, -0.1) is 0 Å². The molecule has 2 nitrogen and oxygen atoms in total. The normalized spacial score (nSPS) is 18.2. The van der Waals surface area contributed by atoms with Gasteiger partial charge in [-0.2, -0.15) is 4.58 Å². The average molecular weight is 580 g/mol. The number of nitrogens with zero attached hydrogens (tertiary/aromatic N) is 2. The predicted octanol–water partition coefficient (Wildman–Crippen LogP) is 10.9. The average Bonchev–Trinajstić information content (AvgIpc) is 3.39. The van der Waals surface area contributed by atoms with Crippen molar-refractivity contribution in [3.8, 4) is 0 Å². The molecule has 0 N–H and O–H groups in total. The zero-order valence-corrected chi connectivity index (χ0v) is 27.4. The molecule has 224 valence electrons. The fraction of sp³-hybridized carbons (Fsp3) is 0.310. The van der Waals surface area contributed by atoms with Gasteiger partial charge >= 0.3 is 0 Å². The van der Waals surface area contributed by atoms with Gasteiger partial charge in [0.25, 0.3) is 0 Å². The number of rotatable bonds is 9. The number of fused-ring (bicyclic) bond motifs is 6. The van der Waals surface area contributed by atoms with Crippen molar-refractivity contribution in [3.63, 3.8) is 0 Å². The zero-order valence-electron chi connectivity index (χ0n) is 27.4. The Morgan fingerprint density at radius 2 is 1.30 bits per heavy atom. The zero-order chi connectivity index (χ0) is 30.9. The van der Waals surface area contributed by atoms with Crippen LogP contribution in [-0.2, 0) is 10.8 Å². The van der Waals surface area contributed by atoms with Crippen LogP contribution in [0.1, 0.15) is 71.9 Å². The van der Waals surface area contributed by atoms with E-state index < -0.39 is 0 Å². The second-order valence-corrected chi connectivity index (χ2v) is 13.3. The highest BCUT2D eigenvalue weighted by atomic mass is 15.2. The van der Waals surface area contributed by atoms with Crippen molar-refractivity contribution in [1.29, 1.82) is 0 Å². The van der Waals surface area contributed by atoms with Gasteiger partial charge in [0, 0.05) is 47.5 Å². The van der Waals surface area contributed by atoms with Gasteiger partial charge in [0.15, 0.2) is 5.71 Å². The first kappa shape index (κ1) is 29.9. The molecule has 0 radical (unpaired) electrons. The molecule has 6 rings (SSSR count). The Morgan fingerprint density at radius 3 is 2.00 bits per heavy atom. The van der Waals surface area contributed by atoms with Crippen molar-refractivity contribution in [2.45, 2.75) is 71.6 Å². The summed E-state index contributed by atoms with van der Waals surface area (Å²) in [7, 11) is 0. The molecule has 0 spiro atoms. The lowest BCUT2D eigenvalue weighted by atomic mass is 9.79. The first-order valence-electron chi connectivity index (χ1n) is 16.5. The van der Waals surface area contributed by atoms with E-state index in [2.05, 4.69) is 166 Å². The molecular formula is C42H47N2+. The Bertz CT molecular complexity index is 1860. The van der Waals surface area contributed by atoms with Gasteiger partial charge in [0.1, 0.15) is 6.54 Å². The first-order valence-corrected chi connectivity index (χ1v) is 16.5. The molecule has 0 saturated heterocycles. The molecule has 4 aromatic carbocycles. The van der Waals surface area contributed by atoms with Gasteiger partial charge in [-0.05, 0) is 72.5 Å². The number of unbranched alkanes of at least 4 members (excludes halogenated alkanes) is 2. The largest absolute Gasteiger partial charge is 0.344 e. The topological polar surface area (TPSA) is 6.25 Å². The Morgan fingerprint density at radius 1 is 0.659 bits per heavy atom. The van der Waals surface area contributed by atoms with Gasteiger partial charge in [-0.1, -0.05) is 112 Å². The van der Waals surface area contributed by atoms with E-state index in [1.54, 1.807) is 0 Å². The van der Waals surface area contributed by atoms with E-state index in [9.17, 15) is 0 Å². The lowest BCUT2D eigenvalue weighted by Crippen LogP contribution is -2.28. The minimum Gasteiger partial charge on any atom is -0.344 e. The summed E-state index contributed by atoms with van der Waals surface area (Å²) in [5, 5.41) is 5.36. The summed E-state index contributed by atoms with van der Waals surface area (Å²) >= 11 is 0. The van der Waals surface area contributed by atoms with Crippen molar-refractivity contribution in [3.05, 3.63) is 132 Å². The summed E-state index contributed by atoms with van der Waals surface area (Å²) in [6, 6.07) is 26.8. The molecule has 0 unspecified atom stereocenters. The van der Waals surface area contributed by atoms with Crippen LogP contribution >= 0.6 is 0 Å². The van der Waals surface area contributed by atoms with E-state index in [1.807, 2.05) is 0 Å². The molecule has 0 fully saturated rings. The molecule has 2 heteroatoms. The monoisotopic (exact) mass is 579 g/mol. The van der Waals surface area contributed by atoms with E-state index in [4.69, 9.17) is 0 Å². The van der Waals surface area contributed by atoms with Crippen molar-refractivity contribution < 1.29 is 4.58 Å². The number of hydrogen-bond acceptors (Lipinski definition) is 1. The molecule has 2 aliphatic heterocycles. The number of allylic oxidation sites excluding steroid dienone is 8. The third-order valence-electron chi connectivity index (χ3n) is 9.76. The molecule has 0 bridgehead atoms. The molecule has 0 aromatic heterocycles. The molecule has 2 aliphatic rings. The Labute approximate surface area is 264 Å².